The zero-order valence-electron chi connectivity index (χ0n) is 11.5. The maximum atomic E-state index is 12.3. The van der Waals surface area contributed by atoms with E-state index in [0.29, 0.717) is 31.6 Å². The molecular formula is C14H17N3O4. The van der Waals surface area contributed by atoms with E-state index in [9.17, 15) is 9.59 Å². The highest BCUT2D eigenvalue weighted by Gasteiger charge is 2.33. The van der Waals surface area contributed by atoms with Gasteiger partial charge in [0.25, 0.3) is 0 Å². The summed E-state index contributed by atoms with van der Waals surface area (Å²) in [6.45, 7) is 1.40. The highest BCUT2D eigenvalue weighted by atomic mass is 16.5. The quantitative estimate of drug-likeness (QED) is 0.827. The Kier molecular flexibility index (Phi) is 3.74. The number of carbonyl (C=O) groups is 2. The lowest BCUT2D eigenvalue weighted by Gasteiger charge is -2.35. The second kappa shape index (κ2) is 5.69. The third-order valence-corrected chi connectivity index (χ3v) is 3.64. The first-order valence-corrected chi connectivity index (χ1v) is 6.99. The van der Waals surface area contributed by atoms with Gasteiger partial charge in [-0.2, -0.15) is 0 Å². The molecular weight excluding hydrogens is 274 g/mol. The van der Waals surface area contributed by atoms with Crippen molar-refractivity contribution in [2.45, 2.75) is 24.9 Å². The number of rotatable bonds is 4. The van der Waals surface area contributed by atoms with Gasteiger partial charge in [-0.05, 0) is 25.0 Å². The number of pyridine rings is 1. The van der Waals surface area contributed by atoms with E-state index in [2.05, 4.69) is 10.3 Å². The number of nitrogens with one attached hydrogen (secondary N) is 1. The lowest BCUT2D eigenvalue weighted by Crippen LogP contribution is -2.54. The van der Waals surface area contributed by atoms with Crippen molar-refractivity contribution < 1.29 is 19.4 Å². The van der Waals surface area contributed by atoms with Gasteiger partial charge in [0.1, 0.15) is 11.9 Å². The Morgan fingerprint density at radius 1 is 1.38 bits per heavy atom. The second-order valence-corrected chi connectivity index (χ2v) is 5.28. The number of carboxylic acid groups (broad SMARTS) is 1. The summed E-state index contributed by atoms with van der Waals surface area (Å²) in [4.78, 5) is 29.1. The van der Waals surface area contributed by atoms with E-state index in [-0.39, 0.29) is 11.5 Å². The third kappa shape index (κ3) is 3.13. The van der Waals surface area contributed by atoms with Crippen LogP contribution in [0.15, 0.2) is 18.3 Å². The minimum Gasteiger partial charge on any atom is -0.478 e. The number of amides is 1. The van der Waals surface area contributed by atoms with Crippen molar-refractivity contribution in [1.82, 2.24) is 10.3 Å². The van der Waals surface area contributed by atoms with E-state index in [1.165, 1.54) is 12.3 Å². The molecule has 2 N–H and O–H groups in total. The Bertz CT molecular complexity index is 542. The average Bonchev–Trinajstić information content (AvgIpc) is 3.31. The lowest BCUT2D eigenvalue weighted by atomic mass is 10.2. The van der Waals surface area contributed by atoms with Gasteiger partial charge in [0.2, 0.25) is 5.91 Å². The summed E-state index contributed by atoms with van der Waals surface area (Å²) in [5.74, 6) is -0.473. The molecule has 2 aliphatic rings. The van der Waals surface area contributed by atoms with Crippen LogP contribution in [0.1, 0.15) is 23.2 Å². The molecule has 1 aliphatic carbocycles. The lowest BCUT2D eigenvalue weighted by molar-refractivity contribution is -0.124. The van der Waals surface area contributed by atoms with Crippen LogP contribution in [0.4, 0.5) is 5.82 Å². The minimum atomic E-state index is -1.01. The van der Waals surface area contributed by atoms with Gasteiger partial charge in [-0.3, -0.25) is 4.79 Å². The SMILES string of the molecule is O=C(O)c1ccc(N2CCOCC2C(=O)NC2CC2)nc1. The molecule has 3 rings (SSSR count). The first-order valence-electron chi connectivity index (χ1n) is 6.99. The summed E-state index contributed by atoms with van der Waals surface area (Å²) in [6.07, 6.45) is 3.37. The smallest absolute Gasteiger partial charge is 0.337 e. The summed E-state index contributed by atoms with van der Waals surface area (Å²) >= 11 is 0. The van der Waals surface area contributed by atoms with Gasteiger partial charge in [0.05, 0.1) is 18.8 Å². The van der Waals surface area contributed by atoms with Crippen LogP contribution in [0.3, 0.4) is 0 Å². The predicted molar refractivity (Wildman–Crippen MR) is 74.3 cm³/mol. The molecule has 0 spiro atoms. The van der Waals surface area contributed by atoms with E-state index >= 15 is 0 Å². The van der Waals surface area contributed by atoms with Gasteiger partial charge >= 0.3 is 5.97 Å². The van der Waals surface area contributed by atoms with Crippen molar-refractivity contribution in [3.05, 3.63) is 23.9 Å². The number of hydrogen-bond acceptors (Lipinski definition) is 5. The molecule has 21 heavy (non-hydrogen) atoms. The van der Waals surface area contributed by atoms with Crippen molar-refractivity contribution in [1.29, 1.82) is 0 Å². The van der Waals surface area contributed by atoms with E-state index in [0.717, 1.165) is 12.8 Å². The molecule has 0 bridgehead atoms. The molecule has 0 aromatic carbocycles. The third-order valence-electron chi connectivity index (χ3n) is 3.64. The van der Waals surface area contributed by atoms with Crippen molar-refractivity contribution >= 4 is 17.7 Å². The highest BCUT2D eigenvalue weighted by molar-refractivity contribution is 5.88. The number of hydrogen-bond donors (Lipinski definition) is 2. The Balaban J connectivity index is 1.76. The normalized spacial score (nSPS) is 21.9. The van der Waals surface area contributed by atoms with Crippen LogP contribution in [0.2, 0.25) is 0 Å². The molecule has 1 aromatic heterocycles. The molecule has 1 aromatic rings. The summed E-state index contributed by atoms with van der Waals surface area (Å²) in [5, 5.41) is 11.9. The Morgan fingerprint density at radius 3 is 2.81 bits per heavy atom. The second-order valence-electron chi connectivity index (χ2n) is 5.28. The summed E-state index contributed by atoms with van der Waals surface area (Å²) in [5.41, 5.74) is 0.131. The minimum absolute atomic E-state index is 0.0543. The van der Waals surface area contributed by atoms with Crippen LogP contribution in [-0.2, 0) is 9.53 Å². The fourth-order valence-corrected chi connectivity index (χ4v) is 2.30. The van der Waals surface area contributed by atoms with Gasteiger partial charge in [-0.1, -0.05) is 0 Å². The number of morpholine rings is 1. The Morgan fingerprint density at radius 2 is 2.19 bits per heavy atom. The fourth-order valence-electron chi connectivity index (χ4n) is 2.30. The standard InChI is InChI=1S/C14H17N3O4/c18-13(16-10-2-3-10)11-8-21-6-5-17(11)12-4-1-9(7-15-12)14(19)20/h1,4,7,10-11H,2-3,5-6,8H2,(H,16,18)(H,19,20). The van der Waals surface area contributed by atoms with Crippen LogP contribution in [-0.4, -0.2) is 53.8 Å². The number of anilines is 1. The molecule has 7 heteroatoms. The molecule has 1 unspecified atom stereocenters. The van der Waals surface area contributed by atoms with Gasteiger partial charge in [-0.25, -0.2) is 9.78 Å². The van der Waals surface area contributed by atoms with E-state index < -0.39 is 12.0 Å². The molecule has 2 heterocycles. The first-order chi connectivity index (χ1) is 10.1. The molecule has 1 aliphatic heterocycles. The first kappa shape index (κ1) is 13.8. The molecule has 1 amide bonds. The highest BCUT2D eigenvalue weighted by Crippen LogP contribution is 2.21. The van der Waals surface area contributed by atoms with Crippen molar-refractivity contribution in [2.75, 3.05) is 24.7 Å². The van der Waals surface area contributed by atoms with Gasteiger partial charge in [-0.15, -0.1) is 0 Å². The monoisotopic (exact) mass is 291 g/mol. The van der Waals surface area contributed by atoms with Gasteiger partial charge < -0.3 is 20.1 Å². The number of carbonyl (C=O) groups excluding carboxylic acids is 1. The van der Waals surface area contributed by atoms with Gasteiger partial charge in [0, 0.05) is 18.8 Å². The molecule has 112 valence electrons. The number of ether oxygens (including phenoxy) is 1. The maximum Gasteiger partial charge on any atom is 0.337 e. The molecule has 1 atom stereocenters. The van der Waals surface area contributed by atoms with Gasteiger partial charge in [0.15, 0.2) is 0 Å². The molecule has 0 radical (unpaired) electrons. The molecule has 1 saturated heterocycles. The number of aromatic carboxylic acids is 1. The number of nitrogens with zero attached hydrogens (tertiary/aromatic N) is 2. The summed E-state index contributed by atoms with van der Waals surface area (Å²) in [7, 11) is 0. The van der Waals surface area contributed by atoms with Crippen LogP contribution in [0, 0.1) is 0 Å². The zero-order chi connectivity index (χ0) is 14.8. The van der Waals surface area contributed by atoms with E-state index in [1.54, 1.807) is 6.07 Å². The topological polar surface area (TPSA) is 91.8 Å². The largest absolute Gasteiger partial charge is 0.478 e. The molecule has 7 nitrogen and oxygen atoms in total. The maximum absolute atomic E-state index is 12.3. The van der Waals surface area contributed by atoms with Crippen LogP contribution >= 0.6 is 0 Å². The summed E-state index contributed by atoms with van der Waals surface area (Å²) in [6, 6.07) is 3.01. The van der Waals surface area contributed by atoms with Crippen molar-refractivity contribution in [3.63, 3.8) is 0 Å². The van der Waals surface area contributed by atoms with Crippen molar-refractivity contribution in [2.24, 2.45) is 0 Å². The number of aromatic nitrogens is 1. The average molecular weight is 291 g/mol. The zero-order valence-corrected chi connectivity index (χ0v) is 11.5. The Hall–Kier alpha value is -2.15. The molecule has 1 saturated carbocycles. The van der Waals surface area contributed by atoms with E-state index in [1.807, 2.05) is 4.90 Å². The van der Waals surface area contributed by atoms with Crippen LogP contribution < -0.4 is 10.2 Å². The number of carboxylic acids is 1. The van der Waals surface area contributed by atoms with Crippen LogP contribution in [0.5, 0.6) is 0 Å². The van der Waals surface area contributed by atoms with E-state index in [4.69, 9.17) is 9.84 Å². The van der Waals surface area contributed by atoms with Crippen LogP contribution in [0.25, 0.3) is 0 Å². The molecule has 2 fully saturated rings. The Labute approximate surface area is 121 Å². The van der Waals surface area contributed by atoms with Crippen molar-refractivity contribution in [3.8, 4) is 0 Å². The predicted octanol–water partition coefficient (Wildman–Crippen LogP) is 0.264. The fraction of sp³-hybridized carbons (Fsp3) is 0.500. The summed E-state index contributed by atoms with van der Waals surface area (Å²) < 4.78 is 5.39.